The van der Waals surface area contributed by atoms with Crippen LogP contribution in [0, 0.1) is 6.92 Å². The molecule has 2 amide bonds. The molecule has 5 nitrogen and oxygen atoms in total. The van der Waals surface area contributed by atoms with E-state index in [0.717, 1.165) is 12.0 Å². The number of ether oxygens (including phenoxy) is 1. The molecule has 0 fully saturated rings. The standard InChI is InChI=1S/C15H21ClN2O3/c1-4-7-17-15(20)11(3)18-14(19)9-21-13-6-5-12(16)8-10(13)2/h5-6,8,11H,4,7,9H2,1-3H3,(H,17,20)(H,18,19)/t11-/m0/s1. The minimum atomic E-state index is -0.584. The zero-order valence-corrected chi connectivity index (χ0v) is 13.3. The van der Waals surface area contributed by atoms with Crippen molar-refractivity contribution in [1.82, 2.24) is 10.6 Å². The minimum absolute atomic E-state index is 0.145. The Balaban J connectivity index is 2.41. The summed E-state index contributed by atoms with van der Waals surface area (Å²) in [4.78, 5) is 23.4. The molecule has 116 valence electrons. The topological polar surface area (TPSA) is 67.4 Å². The lowest BCUT2D eigenvalue weighted by molar-refractivity contribution is -0.129. The van der Waals surface area contributed by atoms with Gasteiger partial charge in [-0.05, 0) is 44.0 Å². The molecule has 1 atom stereocenters. The van der Waals surface area contributed by atoms with E-state index < -0.39 is 6.04 Å². The Labute approximate surface area is 130 Å². The van der Waals surface area contributed by atoms with E-state index >= 15 is 0 Å². The van der Waals surface area contributed by atoms with Crippen LogP contribution >= 0.6 is 11.6 Å². The van der Waals surface area contributed by atoms with Crippen molar-refractivity contribution in [3.63, 3.8) is 0 Å². The smallest absolute Gasteiger partial charge is 0.258 e. The molecule has 21 heavy (non-hydrogen) atoms. The number of rotatable bonds is 7. The number of halogens is 1. The third kappa shape index (κ3) is 6.04. The SMILES string of the molecule is CCCNC(=O)[C@H](C)NC(=O)COc1ccc(Cl)cc1C. The molecule has 0 radical (unpaired) electrons. The maximum Gasteiger partial charge on any atom is 0.258 e. The fraction of sp³-hybridized carbons (Fsp3) is 0.467. The molecule has 0 bridgehead atoms. The van der Waals surface area contributed by atoms with Gasteiger partial charge in [-0.25, -0.2) is 0 Å². The van der Waals surface area contributed by atoms with E-state index in [4.69, 9.17) is 16.3 Å². The first-order valence-electron chi connectivity index (χ1n) is 6.90. The lowest BCUT2D eigenvalue weighted by Gasteiger charge is -2.14. The summed E-state index contributed by atoms with van der Waals surface area (Å²) in [6.07, 6.45) is 0.853. The van der Waals surface area contributed by atoms with Gasteiger partial charge in [-0.15, -0.1) is 0 Å². The van der Waals surface area contributed by atoms with Gasteiger partial charge in [-0.3, -0.25) is 9.59 Å². The normalized spacial score (nSPS) is 11.6. The number of hydrogen-bond acceptors (Lipinski definition) is 3. The second kappa shape index (κ2) is 8.52. The molecule has 2 N–H and O–H groups in total. The van der Waals surface area contributed by atoms with Crippen molar-refractivity contribution < 1.29 is 14.3 Å². The minimum Gasteiger partial charge on any atom is -0.484 e. The molecule has 1 aromatic carbocycles. The highest BCUT2D eigenvalue weighted by Crippen LogP contribution is 2.21. The van der Waals surface area contributed by atoms with E-state index in [2.05, 4.69) is 10.6 Å². The Morgan fingerprint density at radius 3 is 2.71 bits per heavy atom. The maximum absolute atomic E-state index is 11.7. The van der Waals surface area contributed by atoms with Crippen LogP contribution in [-0.2, 0) is 9.59 Å². The average Bonchev–Trinajstić information content (AvgIpc) is 2.43. The van der Waals surface area contributed by atoms with E-state index in [-0.39, 0.29) is 18.4 Å². The molecule has 0 heterocycles. The maximum atomic E-state index is 11.7. The summed E-state index contributed by atoms with van der Waals surface area (Å²) in [5.74, 6) is 0.0500. The predicted octanol–water partition coefficient (Wildman–Crippen LogP) is 2.06. The second-order valence-electron chi connectivity index (χ2n) is 4.78. The van der Waals surface area contributed by atoms with Crippen molar-refractivity contribution in [3.8, 4) is 5.75 Å². The van der Waals surface area contributed by atoms with Crippen molar-refractivity contribution in [2.24, 2.45) is 0 Å². The first-order chi connectivity index (χ1) is 9.93. The van der Waals surface area contributed by atoms with Crippen LogP contribution in [0.5, 0.6) is 5.75 Å². The van der Waals surface area contributed by atoms with Gasteiger partial charge in [0.15, 0.2) is 6.61 Å². The van der Waals surface area contributed by atoms with Crippen LogP contribution in [0.15, 0.2) is 18.2 Å². The van der Waals surface area contributed by atoms with Gasteiger partial charge >= 0.3 is 0 Å². The summed E-state index contributed by atoms with van der Waals surface area (Å²) < 4.78 is 5.41. The highest BCUT2D eigenvalue weighted by atomic mass is 35.5. The largest absolute Gasteiger partial charge is 0.484 e. The van der Waals surface area contributed by atoms with Crippen LogP contribution in [0.1, 0.15) is 25.8 Å². The van der Waals surface area contributed by atoms with Crippen LogP contribution in [0.3, 0.4) is 0 Å². The Hall–Kier alpha value is -1.75. The third-order valence-corrected chi connectivity index (χ3v) is 3.05. The number of benzene rings is 1. The zero-order chi connectivity index (χ0) is 15.8. The van der Waals surface area contributed by atoms with Crippen LogP contribution < -0.4 is 15.4 Å². The second-order valence-corrected chi connectivity index (χ2v) is 5.22. The number of carbonyl (C=O) groups is 2. The van der Waals surface area contributed by atoms with Crippen molar-refractivity contribution in [2.45, 2.75) is 33.2 Å². The van der Waals surface area contributed by atoms with Gasteiger partial charge in [-0.2, -0.15) is 0 Å². The lowest BCUT2D eigenvalue weighted by atomic mass is 10.2. The van der Waals surface area contributed by atoms with Gasteiger partial charge in [0.2, 0.25) is 5.91 Å². The molecule has 0 aliphatic carbocycles. The monoisotopic (exact) mass is 312 g/mol. The molecular weight excluding hydrogens is 292 g/mol. The predicted molar refractivity (Wildman–Crippen MR) is 82.6 cm³/mol. The zero-order valence-electron chi connectivity index (χ0n) is 12.5. The summed E-state index contributed by atoms with van der Waals surface area (Å²) in [6, 6.07) is 4.58. The number of hydrogen-bond donors (Lipinski definition) is 2. The molecule has 0 aromatic heterocycles. The first kappa shape index (κ1) is 17.3. The molecule has 0 spiro atoms. The van der Waals surface area contributed by atoms with Gasteiger partial charge in [0, 0.05) is 11.6 Å². The van der Waals surface area contributed by atoms with Crippen LogP contribution in [-0.4, -0.2) is 31.0 Å². The molecule has 0 aliphatic rings. The van der Waals surface area contributed by atoms with Crippen molar-refractivity contribution in [2.75, 3.05) is 13.2 Å². The molecule has 0 unspecified atom stereocenters. The van der Waals surface area contributed by atoms with Crippen LogP contribution in [0.2, 0.25) is 5.02 Å². The summed E-state index contributed by atoms with van der Waals surface area (Å²) >= 11 is 5.85. The van der Waals surface area contributed by atoms with E-state index in [0.29, 0.717) is 17.3 Å². The van der Waals surface area contributed by atoms with Crippen LogP contribution in [0.25, 0.3) is 0 Å². The molecule has 0 aliphatic heterocycles. The fourth-order valence-corrected chi connectivity index (χ4v) is 1.89. The molecule has 1 rings (SSSR count). The molecule has 0 saturated heterocycles. The quantitative estimate of drug-likeness (QED) is 0.810. The molecule has 6 heteroatoms. The first-order valence-corrected chi connectivity index (χ1v) is 7.27. The van der Waals surface area contributed by atoms with E-state index in [1.807, 2.05) is 13.8 Å². The van der Waals surface area contributed by atoms with Gasteiger partial charge in [0.05, 0.1) is 0 Å². The van der Waals surface area contributed by atoms with E-state index in [9.17, 15) is 9.59 Å². The average molecular weight is 313 g/mol. The lowest BCUT2D eigenvalue weighted by Crippen LogP contribution is -2.46. The van der Waals surface area contributed by atoms with Crippen molar-refractivity contribution in [1.29, 1.82) is 0 Å². The van der Waals surface area contributed by atoms with Gasteiger partial charge in [-0.1, -0.05) is 18.5 Å². The fourth-order valence-electron chi connectivity index (χ4n) is 1.67. The molecule has 1 aromatic rings. The van der Waals surface area contributed by atoms with Gasteiger partial charge in [0.25, 0.3) is 5.91 Å². The van der Waals surface area contributed by atoms with E-state index in [1.54, 1.807) is 25.1 Å². The Bertz CT molecular complexity index is 506. The Morgan fingerprint density at radius 1 is 1.38 bits per heavy atom. The summed E-state index contributed by atoms with van der Waals surface area (Å²) in [5.41, 5.74) is 0.851. The summed E-state index contributed by atoms with van der Waals surface area (Å²) in [5, 5.41) is 5.92. The van der Waals surface area contributed by atoms with Crippen molar-refractivity contribution in [3.05, 3.63) is 28.8 Å². The number of amides is 2. The van der Waals surface area contributed by atoms with Gasteiger partial charge < -0.3 is 15.4 Å². The highest BCUT2D eigenvalue weighted by Gasteiger charge is 2.15. The van der Waals surface area contributed by atoms with Crippen molar-refractivity contribution >= 4 is 23.4 Å². The Kier molecular flexibility index (Phi) is 7.02. The number of nitrogens with one attached hydrogen (secondary N) is 2. The third-order valence-electron chi connectivity index (χ3n) is 2.82. The number of carbonyl (C=O) groups excluding carboxylic acids is 2. The Morgan fingerprint density at radius 2 is 2.10 bits per heavy atom. The number of aryl methyl sites for hydroxylation is 1. The summed E-state index contributed by atoms with van der Waals surface area (Å²) in [7, 11) is 0. The van der Waals surface area contributed by atoms with Crippen LogP contribution in [0.4, 0.5) is 0 Å². The van der Waals surface area contributed by atoms with E-state index in [1.165, 1.54) is 0 Å². The van der Waals surface area contributed by atoms with Gasteiger partial charge in [0.1, 0.15) is 11.8 Å². The molecular formula is C15H21ClN2O3. The highest BCUT2D eigenvalue weighted by molar-refractivity contribution is 6.30. The summed E-state index contributed by atoms with van der Waals surface area (Å²) in [6.45, 7) is 5.90. The molecule has 0 saturated carbocycles.